The van der Waals surface area contributed by atoms with E-state index in [0.717, 1.165) is 27.4 Å². The summed E-state index contributed by atoms with van der Waals surface area (Å²) in [6.45, 7) is 3.20. The number of fused-ring (bicyclic) bond motifs is 3. The third-order valence-electron chi connectivity index (χ3n) is 6.39. The maximum atomic E-state index is 13.5. The number of imidazole rings is 1. The quantitative estimate of drug-likeness (QED) is 0.402. The molecule has 4 heterocycles. The number of amides is 1. The van der Waals surface area contributed by atoms with Gasteiger partial charge in [-0.1, -0.05) is 24.3 Å². The summed E-state index contributed by atoms with van der Waals surface area (Å²) in [4.78, 5) is 20.1. The van der Waals surface area contributed by atoms with Crippen LogP contribution in [0.4, 0.5) is 0 Å². The first-order chi connectivity index (χ1) is 17.7. The molecule has 0 radical (unpaired) electrons. The van der Waals surface area contributed by atoms with E-state index in [0.29, 0.717) is 50.9 Å². The summed E-state index contributed by atoms with van der Waals surface area (Å²) in [6.07, 6.45) is 5.39. The number of ether oxygens (including phenoxy) is 2. The molecule has 2 aliphatic rings. The standard InChI is InChI=1S/C26H25N5O4S/c32-26(30-11-13-34-14-12-30)24-22-17-36(33)23-7-2-1-6-21(23)25(22)31(28-24)19-4-3-5-20(16-19)35-15-10-29-9-8-27-18-29/h1-9,16,18H,10-15,17H2. The molecule has 1 fully saturated rings. The zero-order valence-corrected chi connectivity index (χ0v) is 20.4. The molecule has 6 rings (SSSR count). The fraction of sp³-hybridized carbons (Fsp3) is 0.269. The van der Waals surface area contributed by atoms with E-state index in [-0.39, 0.29) is 11.7 Å². The molecule has 2 aromatic carbocycles. The number of morpholine rings is 1. The smallest absolute Gasteiger partial charge is 0.274 e. The Balaban J connectivity index is 1.39. The van der Waals surface area contributed by atoms with Gasteiger partial charge in [-0.2, -0.15) is 5.10 Å². The Morgan fingerprint density at radius 2 is 1.97 bits per heavy atom. The maximum absolute atomic E-state index is 13.5. The molecule has 10 heteroatoms. The summed E-state index contributed by atoms with van der Waals surface area (Å²) in [5, 5.41) is 4.81. The van der Waals surface area contributed by atoms with Crippen molar-refractivity contribution in [1.29, 1.82) is 0 Å². The second-order valence-corrected chi connectivity index (χ2v) is 10.0. The van der Waals surface area contributed by atoms with E-state index in [1.165, 1.54) is 0 Å². The summed E-state index contributed by atoms with van der Waals surface area (Å²) >= 11 is 0. The van der Waals surface area contributed by atoms with Crippen LogP contribution in [0.3, 0.4) is 0 Å². The van der Waals surface area contributed by atoms with Crippen molar-refractivity contribution in [3.8, 4) is 22.7 Å². The van der Waals surface area contributed by atoms with E-state index in [9.17, 15) is 9.00 Å². The lowest BCUT2D eigenvalue weighted by atomic mass is 10.0. The van der Waals surface area contributed by atoms with Gasteiger partial charge in [-0.3, -0.25) is 9.00 Å². The highest BCUT2D eigenvalue weighted by Gasteiger charge is 2.34. The monoisotopic (exact) mass is 503 g/mol. The molecule has 1 atom stereocenters. The number of rotatable bonds is 6. The number of carbonyl (C=O) groups excluding carboxylic acids is 1. The van der Waals surface area contributed by atoms with Gasteiger partial charge in [0, 0.05) is 47.6 Å². The molecule has 36 heavy (non-hydrogen) atoms. The topological polar surface area (TPSA) is 91.5 Å². The lowest BCUT2D eigenvalue weighted by Crippen LogP contribution is -2.41. The van der Waals surface area contributed by atoms with Gasteiger partial charge in [-0.15, -0.1) is 0 Å². The third kappa shape index (κ3) is 4.22. The SMILES string of the molecule is O=C(c1nn(-c2cccc(OCCn3ccnc3)c2)c2c1CS(=O)c1ccccc1-2)N1CCOCC1. The third-order valence-corrected chi connectivity index (χ3v) is 7.78. The van der Waals surface area contributed by atoms with Gasteiger partial charge in [-0.05, 0) is 18.2 Å². The summed E-state index contributed by atoms with van der Waals surface area (Å²) in [7, 11) is -1.26. The lowest BCUT2D eigenvalue weighted by Gasteiger charge is -2.26. The van der Waals surface area contributed by atoms with Crippen LogP contribution in [0, 0.1) is 0 Å². The minimum absolute atomic E-state index is 0.155. The first kappa shape index (κ1) is 22.7. The Labute approximate surface area is 210 Å². The molecule has 2 aliphatic heterocycles. The predicted molar refractivity (Wildman–Crippen MR) is 134 cm³/mol. The molecular weight excluding hydrogens is 478 g/mol. The number of carbonyl (C=O) groups is 1. The molecule has 9 nitrogen and oxygen atoms in total. The van der Waals surface area contributed by atoms with E-state index < -0.39 is 10.8 Å². The van der Waals surface area contributed by atoms with Gasteiger partial charge in [0.05, 0.1) is 54.0 Å². The van der Waals surface area contributed by atoms with Crippen LogP contribution >= 0.6 is 0 Å². The molecule has 0 N–H and O–H groups in total. The fourth-order valence-corrected chi connectivity index (χ4v) is 5.93. The lowest BCUT2D eigenvalue weighted by molar-refractivity contribution is 0.0298. The minimum Gasteiger partial charge on any atom is -0.492 e. The number of benzene rings is 2. The molecule has 0 bridgehead atoms. The van der Waals surface area contributed by atoms with E-state index in [1.54, 1.807) is 22.1 Å². The van der Waals surface area contributed by atoms with Gasteiger partial charge in [0.25, 0.3) is 5.91 Å². The van der Waals surface area contributed by atoms with Crippen molar-refractivity contribution in [3.05, 3.63) is 78.5 Å². The average molecular weight is 504 g/mol. The molecule has 0 aliphatic carbocycles. The van der Waals surface area contributed by atoms with Crippen LogP contribution in [0.2, 0.25) is 0 Å². The van der Waals surface area contributed by atoms with Crippen LogP contribution in [0.5, 0.6) is 5.75 Å². The number of aromatic nitrogens is 4. The molecule has 1 amide bonds. The fourth-order valence-electron chi connectivity index (χ4n) is 4.60. The minimum atomic E-state index is -1.26. The maximum Gasteiger partial charge on any atom is 0.274 e. The van der Waals surface area contributed by atoms with Gasteiger partial charge in [-0.25, -0.2) is 9.67 Å². The highest BCUT2D eigenvalue weighted by Crippen LogP contribution is 2.39. The summed E-state index contributed by atoms with van der Waals surface area (Å²) < 4.78 is 28.3. The van der Waals surface area contributed by atoms with E-state index in [4.69, 9.17) is 14.6 Å². The Bertz CT molecular complexity index is 1430. The predicted octanol–water partition coefficient (Wildman–Crippen LogP) is 2.91. The van der Waals surface area contributed by atoms with Crippen molar-refractivity contribution in [1.82, 2.24) is 24.2 Å². The first-order valence-electron chi connectivity index (χ1n) is 11.8. The van der Waals surface area contributed by atoms with Crippen molar-refractivity contribution in [2.24, 2.45) is 0 Å². The number of hydrogen-bond acceptors (Lipinski definition) is 6. The van der Waals surface area contributed by atoms with Crippen LogP contribution in [0.1, 0.15) is 16.1 Å². The van der Waals surface area contributed by atoms with Crippen LogP contribution in [0.15, 0.2) is 72.1 Å². The Morgan fingerprint density at radius 1 is 1.11 bits per heavy atom. The zero-order valence-electron chi connectivity index (χ0n) is 19.6. The van der Waals surface area contributed by atoms with Gasteiger partial charge in [0.2, 0.25) is 0 Å². The van der Waals surface area contributed by atoms with Crippen LogP contribution in [-0.4, -0.2) is 67.3 Å². The molecule has 1 unspecified atom stereocenters. The van der Waals surface area contributed by atoms with Crippen molar-refractivity contribution in [2.45, 2.75) is 17.2 Å². The highest BCUT2D eigenvalue weighted by atomic mass is 32.2. The molecule has 4 aromatic rings. The highest BCUT2D eigenvalue weighted by molar-refractivity contribution is 7.84. The molecular formula is C26H25N5O4S. The van der Waals surface area contributed by atoms with Crippen molar-refractivity contribution in [3.63, 3.8) is 0 Å². The average Bonchev–Trinajstić information content (AvgIpc) is 3.57. The summed E-state index contributed by atoms with van der Waals surface area (Å²) in [5.41, 5.74) is 3.47. The molecule has 0 spiro atoms. The number of hydrogen-bond donors (Lipinski definition) is 0. The summed E-state index contributed by atoms with van der Waals surface area (Å²) in [5.74, 6) is 0.793. The van der Waals surface area contributed by atoms with Crippen molar-refractivity contribution in [2.75, 3.05) is 32.9 Å². The largest absolute Gasteiger partial charge is 0.492 e. The van der Waals surface area contributed by atoms with Gasteiger partial charge >= 0.3 is 0 Å². The van der Waals surface area contributed by atoms with E-state index in [1.807, 2.05) is 59.3 Å². The Morgan fingerprint density at radius 3 is 2.81 bits per heavy atom. The van der Waals surface area contributed by atoms with Crippen LogP contribution in [0.25, 0.3) is 16.9 Å². The van der Waals surface area contributed by atoms with E-state index >= 15 is 0 Å². The molecule has 2 aromatic heterocycles. The second-order valence-electron chi connectivity index (χ2n) is 8.62. The van der Waals surface area contributed by atoms with Crippen LogP contribution in [-0.2, 0) is 27.8 Å². The molecule has 184 valence electrons. The van der Waals surface area contributed by atoms with E-state index in [2.05, 4.69) is 4.98 Å². The summed E-state index contributed by atoms with van der Waals surface area (Å²) in [6, 6.07) is 15.3. The molecule has 0 saturated carbocycles. The van der Waals surface area contributed by atoms with Gasteiger partial charge in [0.15, 0.2) is 5.69 Å². The van der Waals surface area contributed by atoms with Gasteiger partial charge in [0.1, 0.15) is 12.4 Å². The first-order valence-corrected chi connectivity index (χ1v) is 13.2. The van der Waals surface area contributed by atoms with Gasteiger partial charge < -0.3 is 18.9 Å². The van der Waals surface area contributed by atoms with Crippen molar-refractivity contribution < 1.29 is 18.5 Å². The zero-order chi connectivity index (χ0) is 24.5. The molecule has 1 saturated heterocycles. The second kappa shape index (κ2) is 9.71. The Kier molecular flexibility index (Phi) is 6.12. The van der Waals surface area contributed by atoms with Crippen LogP contribution < -0.4 is 4.74 Å². The normalized spacial score (nSPS) is 16.9. The number of nitrogens with zero attached hydrogens (tertiary/aromatic N) is 5. The Hall–Kier alpha value is -3.76. The van der Waals surface area contributed by atoms with Crippen molar-refractivity contribution >= 4 is 16.7 Å².